The molecule has 0 amide bonds. The molecule has 0 radical (unpaired) electrons. The van der Waals surface area contributed by atoms with E-state index < -0.39 is 0 Å². The number of aryl methyl sites for hydroxylation is 2. The Kier molecular flexibility index (Phi) is 6.35. The lowest BCUT2D eigenvalue weighted by molar-refractivity contribution is 0.279. The molecule has 0 atom stereocenters. The van der Waals surface area contributed by atoms with Crippen LogP contribution in [0.5, 0.6) is 5.88 Å². The topological polar surface area (TPSA) is 39.1 Å². The van der Waals surface area contributed by atoms with Gasteiger partial charge in [0.05, 0.1) is 12.3 Å². The number of aromatic nitrogens is 2. The first kappa shape index (κ1) is 16.0. The first-order chi connectivity index (χ1) is 8.88. The highest BCUT2D eigenvalue weighted by Crippen LogP contribution is 2.11. The Bertz CT molecular complexity index is 366. The van der Waals surface area contributed by atoms with Crippen molar-refractivity contribution in [2.24, 2.45) is 7.05 Å². The second-order valence-corrected chi connectivity index (χ2v) is 6.19. The third-order valence-corrected chi connectivity index (χ3v) is 2.94. The Morgan fingerprint density at radius 2 is 1.89 bits per heavy atom. The van der Waals surface area contributed by atoms with Gasteiger partial charge in [-0.25, -0.2) is 4.68 Å². The Hall–Kier alpha value is -1.03. The lowest BCUT2D eigenvalue weighted by atomic mass is 10.1. The summed E-state index contributed by atoms with van der Waals surface area (Å²) in [6, 6.07) is 1.98. The van der Waals surface area contributed by atoms with E-state index in [2.05, 4.69) is 31.2 Å². The monoisotopic (exact) mass is 267 g/mol. The average Bonchev–Trinajstić information content (AvgIpc) is 2.60. The summed E-state index contributed by atoms with van der Waals surface area (Å²) in [5.41, 5.74) is 1.24. The Labute approximate surface area is 117 Å². The highest BCUT2D eigenvalue weighted by Gasteiger charge is 2.07. The second-order valence-electron chi connectivity index (χ2n) is 6.19. The number of hydrogen-bond donors (Lipinski definition) is 1. The van der Waals surface area contributed by atoms with Crippen molar-refractivity contribution in [1.82, 2.24) is 15.1 Å². The number of nitrogens with one attached hydrogen (secondary N) is 1. The molecule has 1 rings (SSSR count). The fourth-order valence-corrected chi connectivity index (χ4v) is 1.94. The summed E-state index contributed by atoms with van der Waals surface area (Å²) in [4.78, 5) is 0. The number of ether oxygens (including phenoxy) is 1. The van der Waals surface area contributed by atoms with Crippen molar-refractivity contribution in [3.8, 4) is 5.88 Å². The summed E-state index contributed by atoms with van der Waals surface area (Å²) >= 11 is 0. The van der Waals surface area contributed by atoms with E-state index in [0.717, 1.165) is 31.1 Å². The van der Waals surface area contributed by atoms with E-state index in [1.54, 1.807) is 4.68 Å². The van der Waals surface area contributed by atoms with Crippen LogP contribution in [-0.2, 0) is 7.05 Å². The van der Waals surface area contributed by atoms with Gasteiger partial charge in [-0.1, -0.05) is 12.8 Å². The van der Waals surface area contributed by atoms with Gasteiger partial charge in [0.15, 0.2) is 0 Å². The number of nitrogens with zero attached hydrogens (tertiary/aromatic N) is 2. The van der Waals surface area contributed by atoms with Crippen LogP contribution < -0.4 is 10.1 Å². The summed E-state index contributed by atoms with van der Waals surface area (Å²) in [6.45, 7) is 10.5. The van der Waals surface area contributed by atoms with Crippen LogP contribution in [0.15, 0.2) is 6.07 Å². The summed E-state index contributed by atoms with van der Waals surface area (Å²) < 4.78 is 7.50. The van der Waals surface area contributed by atoms with Gasteiger partial charge in [-0.15, -0.1) is 0 Å². The van der Waals surface area contributed by atoms with Crippen molar-refractivity contribution >= 4 is 0 Å². The van der Waals surface area contributed by atoms with Crippen LogP contribution >= 0.6 is 0 Å². The molecule has 0 spiro atoms. The summed E-state index contributed by atoms with van der Waals surface area (Å²) in [5.74, 6) is 0.867. The van der Waals surface area contributed by atoms with Gasteiger partial charge in [0.25, 0.3) is 0 Å². The van der Waals surface area contributed by atoms with Crippen molar-refractivity contribution in [1.29, 1.82) is 0 Å². The average molecular weight is 267 g/mol. The zero-order valence-corrected chi connectivity index (χ0v) is 13.1. The molecule has 110 valence electrons. The van der Waals surface area contributed by atoms with Gasteiger partial charge in [-0.05, 0) is 47.1 Å². The smallest absolute Gasteiger partial charge is 0.211 e. The third kappa shape index (κ3) is 7.21. The van der Waals surface area contributed by atoms with Crippen LogP contribution in [0.25, 0.3) is 0 Å². The maximum atomic E-state index is 5.70. The summed E-state index contributed by atoms with van der Waals surface area (Å²) in [6.07, 6.45) is 4.83. The number of rotatable bonds is 8. The molecule has 0 aliphatic carbocycles. The van der Waals surface area contributed by atoms with E-state index >= 15 is 0 Å². The zero-order valence-electron chi connectivity index (χ0n) is 13.1. The normalized spacial score (nSPS) is 11.8. The molecule has 0 saturated heterocycles. The van der Waals surface area contributed by atoms with Crippen molar-refractivity contribution < 1.29 is 4.74 Å². The van der Waals surface area contributed by atoms with E-state index in [1.165, 1.54) is 19.3 Å². The summed E-state index contributed by atoms with van der Waals surface area (Å²) in [7, 11) is 1.92. The lowest BCUT2D eigenvalue weighted by Gasteiger charge is -2.20. The molecule has 1 aromatic rings. The Morgan fingerprint density at radius 3 is 2.47 bits per heavy atom. The molecule has 4 nitrogen and oxygen atoms in total. The van der Waals surface area contributed by atoms with Gasteiger partial charge >= 0.3 is 0 Å². The van der Waals surface area contributed by atoms with Gasteiger partial charge < -0.3 is 10.1 Å². The predicted molar refractivity (Wildman–Crippen MR) is 79.7 cm³/mol. The van der Waals surface area contributed by atoms with Crippen LogP contribution in [0.1, 0.15) is 52.1 Å². The van der Waals surface area contributed by atoms with Crippen LogP contribution in [-0.4, -0.2) is 28.5 Å². The summed E-state index contributed by atoms with van der Waals surface area (Å²) in [5, 5.41) is 7.76. The van der Waals surface area contributed by atoms with E-state index in [0.29, 0.717) is 0 Å². The Balaban J connectivity index is 1.98. The number of unbranched alkanes of at least 4 members (excludes halogenated alkanes) is 3. The van der Waals surface area contributed by atoms with Crippen molar-refractivity contribution in [2.75, 3.05) is 13.2 Å². The maximum Gasteiger partial charge on any atom is 0.211 e. The molecule has 0 saturated carbocycles. The fraction of sp³-hybridized carbons (Fsp3) is 0.800. The highest BCUT2D eigenvalue weighted by molar-refractivity contribution is 5.14. The van der Waals surface area contributed by atoms with Crippen LogP contribution in [0, 0.1) is 6.92 Å². The van der Waals surface area contributed by atoms with E-state index in [-0.39, 0.29) is 5.54 Å². The zero-order chi connectivity index (χ0) is 14.3. The van der Waals surface area contributed by atoms with Gasteiger partial charge in [0.2, 0.25) is 5.88 Å². The van der Waals surface area contributed by atoms with Crippen molar-refractivity contribution in [2.45, 2.75) is 58.9 Å². The minimum absolute atomic E-state index is 0.237. The van der Waals surface area contributed by atoms with Crippen LogP contribution in [0.4, 0.5) is 0 Å². The van der Waals surface area contributed by atoms with E-state index in [9.17, 15) is 0 Å². The van der Waals surface area contributed by atoms with E-state index in [4.69, 9.17) is 4.74 Å². The number of hydrogen-bond acceptors (Lipinski definition) is 3. The molecular weight excluding hydrogens is 238 g/mol. The quantitative estimate of drug-likeness (QED) is 0.736. The fourth-order valence-electron chi connectivity index (χ4n) is 1.94. The van der Waals surface area contributed by atoms with Crippen LogP contribution in [0.2, 0.25) is 0 Å². The van der Waals surface area contributed by atoms with Gasteiger partial charge in [0.1, 0.15) is 0 Å². The van der Waals surface area contributed by atoms with Crippen LogP contribution in [0.3, 0.4) is 0 Å². The molecule has 19 heavy (non-hydrogen) atoms. The lowest BCUT2D eigenvalue weighted by Crippen LogP contribution is -2.36. The van der Waals surface area contributed by atoms with Gasteiger partial charge in [-0.3, -0.25) is 0 Å². The molecule has 1 N–H and O–H groups in total. The van der Waals surface area contributed by atoms with Gasteiger partial charge in [0, 0.05) is 18.7 Å². The minimum Gasteiger partial charge on any atom is -0.478 e. The van der Waals surface area contributed by atoms with Gasteiger partial charge in [-0.2, -0.15) is 5.10 Å². The molecule has 0 aliphatic heterocycles. The highest BCUT2D eigenvalue weighted by atomic mass is 16.5. The molecule has 0 bridgehead atoms. The molecule has 0 unspecified atom stereocenters. The SMILES string of the molecule is Cc1cc(OCCCCCCNC(C)(C)C)n(C)n1. The van der Waals surface area contributed by atoms with Crippen molar-refractivity contribution in [3.63, 3.8) is 0 Å². The first-order valence-corrected chi connectivity index (χ1v) is 7.27. The predicted octanol–water partition coefficient (Wildman–Crippen LogP) is 3.06. The minimum atomic E-state index is 0.237. The maximum absolute atomic E-state index is 5.70. The van der Waals surface area contributed by atoms with Crippen molar-refractivity contribution in [3.05, 3.63) is 11.8 Å². The third-order valence-electron chi connectivity index (χ3n) is 2.94. The largest absolute Gasteiger partial charge is 0.478 e. The molecule has 4 heteroatoms. The molecule has 1 heterocycles. The standard InChI is InChI=1S/C15H29N3O/c1-13-12-14(18(5)17-13)19-11-9-7-6-8-10-16-15(2,3)4/h12,16H,6-11H2,1-5H3. The molecular formula is C15H29N3O. The molecule has 0 aromatic carbocycles. The molecule has 1 aromatic heterocycles. The molecule has 0 fully saturated rings. The molecule has 0 aliphatic rings. The Morgan fingerprint density at radius 1 is 1.21 bits per heavy atom. The van der Waals surface area contributed by atoms with E-state index in [1.807, 2.05) is 20.0 Å². The first-order valence-electron chi connectivity index (χ1n) is 7.27. The second kappa shape index (κ2) is 7.53.